The Balaban J connectivity index is 1.83. The maximum absolute atomic E-state index is 13.0. The van der Waals surface area contributed by atoms with Gasteiger partial charge in [-0.25, -0.2) is 13.4 Å². The summed E-state index contributed by atoms with van der Waals surface area (Å²) in [6, 6.07) is 15.9. The average Bonchev–Trinajstić information content (AvgIpc) is 3.21. The predicted molar refractivity (Wildman–Crippen MR) is 133 cm³/mol. The minimum Gasteiger partial charge on any atom is -0.311 e. The number of halogens is 1. The summed E-state index contributed by atoms with van der Waals surface area (Å²) in [6.07, 6.45) is 5.93. The van der Waals surface area contributed by atoms with Crippen LogP contribution in [0.4, 0.5) is 5.69 Å². The molecule has 2 aromatic carbocycles. The van der Waals surface area contributed by atoms with Crippen molar-refractivity contribution in [3.63, 3.8) is 0 Å². The molecule has 172 valence electrons. The molecule has 7 nitrogen and oxygen atoms in total. The van der Waals surface area contributed by atoms with Crippen LogP contribution < -0.4 is 10.3 Å². The van der Waals surface area contributed by atoms with Crippen molar-refractivity contribution < 1.29 is 8.42 Å². The fourth-order valence-corrected chi connectivity index (χ4v) is 4.45. The van der Waals surface area contributed by atoms with Gasteiger partial charge in [-0.05, 0) is 36.2 Å². The van der Waals surface area contributed by atoms with Crippen molar-refractivity contribution in [2.24, 2.45) is 0 Å². The Bertz CT molecular complexity index is 1440. The molecular formula is C24H25ClN4O3S. The number of benzene rings is 2. The number of sulfonamides is 1. The molecule has 0 aliphatic carbocycles. The van der Waals surface area contributed by atoms with E-state index in [1.54, 1.807) is 53.1 Å². The monoisotopic (exact) mass is 484 g/mol. The minimum absolute atomic E-state index is 0.183. The van der Waals surface area contributed by atoms with Crippen LogP contribution in [0.3, 0.4) is 0 Å². The van der Waals surface area contributed by atoms with Crippen molar-refractivity contribution in [1.29, 1.82) is 0 Å². The second-order valence-electron chi connectivity index (χ2n) is 7.98. The molecule has 4 rings (SSSR count). The van der Waals surface area contributed by atoms with Crippen molar-refractivity contribution in [2.75, 3.05) is 11.0 Å². The smallest absolute Gasteiger partial charge is 0.259 e. The standard InChI is InChI=1S/C24H25ClN4O3S/c1-3-4-5-14-28-22(18-8-12-20(13-9-18)27-33(2,31)32)15-23(30)29-16-21(26-24(28)29)17-6-10-19(25)11-7-17/h6-13,15-16,27H,3-5,14H2,1-2H3. The molecule has 0 spiro atoms. The van der Waals surface area contributed by atoms with Crippen LogP contribution in [0.5, 0.6) is 0 Å². The maximum atomic E-state index is 13.0. The first-order valence-electron chi connectivity index (χ1n) is 10.7. The zero-order valence-corrected chi connectivity index (χ0v) is 20.0. The normalized spacial score (nSPS) is 11.7. The zero-order chi connectivity index (χ0) is 23.6. The second kappa shape index (κ2) is 9.41. The molecule has 33 heavy (non-hydrogen) atoms. The number of anilines is 1. The summed E-state index contributed by atoms with van der Waals surface area (Å²) >= 11 is 6.02. The summed E-state index contributed by atoms with van der Waals surface area (Å²) in [7, 11) is -3.37. The van der Waals surface area contributed by atoms with Crippen molar-refractivity contribution in [2.45, 2.75) is 32.7 Å². The lowest BCUT2D eigenvalue weighted by atomic mass is 10.1. The largest absolute Gasteiger partial charge is 0.311 e. The average molecular weight is 485 g/mol. The molecule has 0 aliphatic rings. The van der Waals surface area contributed by atoms with E-state index in [-0.39, 0.29) is 5.56 Å². The Labute approximate surface area is 197 Å². The van der Waals surface area contributed by atoms with Crippen LogP contribution in [0, 0.1) is 0 Å². The Kier molecular flexibility index (Phi) is 6.58. The molecule has 4 aromatic rings. The number of rotatable bonds is 8. The van der Waals surface area contributed by atoms with E-state index < -0.39 is 10.0 Å². The number of hydrogen-bond donors (Lipinski definition) is 1. The number of aromatic nitrogens is 3. The van der Waals surface area contributed by atoms with E-state index >= 15 is 0 Å². The number of fused-ring (bicyclic) bond motifs is 1. The van der Waals surface area contributed by atoms with Gasteiger partial charge in [0.2, 0.25) is 15.8 Å². The van der Waals surface area contributed by atoms with E-state index in [2.05, 4.69) is 16.2 Å². The van der Waals surface area contributed by atoms with Crippen LogP contribution in [-0.4, -0.2) is 28.6 Å². The first kappa shape index (κ1) is 23.1. The molecule has 0 radical (unpaired) electrons. The SMILES string of the molecule is CCCCCn1c(-c2ccc(NS(C)(=O)=O)cc2)cc(=O)n2cc(-c3ccc(Cl)cc3)nc12. The fourth-order valence-electron chi connectivity index (χ4n) is 3.76. The van der Waals surface area contributed by atoms with E-state index in [4.69, 9.17) is 16.6 Å². The van der Waals surface area contributed by atoms with Crippen molar-refractivity contribution >= 4 is 33.1 Å². The van der Waals surface area contributed by atoms with E-state index in [9.17, 15) is 13.2 Å². The Morgan fingerprint density at radius 1 is 1.00 bits per heavy atom. The van der Waals surface area contributed by atoms with Crippen LogP contribution in [0.2, 0.25) is 5.02 Å². The molecule has 0 bridgehead atoms. The van der Waals surface area contributed by atoms with Gasteiger partial charge in [0.05, 0.1) is 17.6 Å². The zero-order valence-electron chi connectivity index (χ0n) is 18.5. The van der Waals surface area contributed by atoms with Crippen LogP contribution >= 0.6 is 11.6 Å². The van der Waals surface area contributed by atoms with Crippen molar-refractivity contribution in [3.8, 4) is 22.5 Å². The predicted octanol–water partition coefficient (Wildman–Crippen LogP) is 5.05. The fraction of sp³-hybridized carbons (Fsp3) is 0.250. The van der Waals surface area contributed by atoms with Crippen molar-refractivity contribution in [3.05, 3.63) is 76.2 Å². The number of aryl methyl sites for hydroxylation is 1. The highest BCUT2D eigenvalue weighted by Gasteiger charge is 2.15. The van der Waals surface area contributed by atoms with Gasteiger partial charge < -0.3 is 4.57 Å². The molecule has 0 saturated heterocycles. The molecule has 1 N–H and O–H groups in total. The lowest BCUT2D eigenvalue weighted by molar-refractivity contribution is 0.606. The van der Waals surface area contributed by atoms with Crippen LogP contribution in [0.25, 0.3) is 28.3 Å². The minimum atomic E-state index is -3.37. The molecule has 2 aromatic heterocycles. The summed E-state index contributed by atoms with van der Waals surface area (Å²) in [6.45, 7) is 2.84. The highest BCUT2D eigenvalue weighted by molar-refractivity contribution is 7.92. The summed E-state index contributed by atoms with van der Waals surface area (Å²) in [5.41, 5.74) is 3.40. The Morgan fingerprint density at radius 2 is 1.67 bits per heavy atom. The molecule has 0 saturated carbocycles. The number of unbranched alkanes of at least 4 members (excludes halogenated alkanes) is 2. The Morgan fingerprint density at radius 3 is 2.30 bits per heavy atom. The molecule has 9 heteroatoms. The third-order valence-electron chi connectivity index (χ3n) is 5.33. The van der Waals surface area contributed by atoms with Gasteiger partial charge in [-0.3, -0.25) is 13.9 Å². The topological polar surface area (TPSA) is 85.5 Å². The number of nitrogens with one attached hydrogen (secondary N) is 1. The summed E-state index contributed by atoms with van der Waals surface area (Å²) in [4.78, 5) is 17.8. The first-order chi connectivity index (χ1) is 15.7. The number of imidazole rings is 1. The Hall–Kier alpha value is -3.10. The lowest BCUT2D eigenvalue weighted by Gasteiger charge is -2.15. The quantitative estimate of drug-likeness (QED) is 0.355. The van der Waals surface area contributed by atoms with Crippen molar-refractivity contribution in [1.82, 2.24) is 14.0 Å². The lowest BCUT2D eigenvalue weighted by Crippen LogP contribution is -2.18. The van der Waals surface area contributed by atoms with E-state index in [1.807, 2.05) is 12.1 Å². The first-order valence-corrected chi connectivity index (χ1v) is 13.0. The van der Waals surface area contributed by atoms with Gasteiger partial charge in [-0.1, -0.05) is 55.6 Å². The van der Waals surface area contributed by atoms with Gasteiger partial charge in [0.1, 0.15) is 0 Å². The summed E-state index contributed by atoms with van der Waals surface area (Å²) in [5, 5.41) is 0.637. The van der Waals surface area contributed by atoms with Gasteiger partial charge in [-0.15, -0.1) is 0 Å². The summed E-state index contributed by atoms with van der Waals surface area (Å²) < 4.78 is 29.1. The van der Waals surface area contributed by atoms with Crippen LogP contribution in [0.1, 0.15) is 26.2 Å². The van der Waals surface area contributed by atoms with Gasteiger partial charge in [-0.2, -0.15) is 0 Å². The third kappa shape index (κ3) is 5.29. The molecular weight excluding hydrogens is 460 g/mol. The highest BCUT2D eigenvalue weighted by Crippen LogP contribution is 2.26. The second-order valence-corrected chi connectivity index (χ2v) is 10.2. The van der Waals surface area contributed by atoms with Crippen LogP contribution in [0.15, 0.2) is 65.6 Å². The van der Waals surface area contributed by atoms with Gasteiger partial charge in [0.25, 0.3) is 5.56 Å². The van der Waals surface area contributed by atoms with Gasteiger partial charge in [0.15, 0.2) is 0 Å². The van der Waals surface area contributed by atoms with Gasteiger partial charge >= 0.3 is 0 Å². The number of hydrogen-bond acceptors (Lipinski definition) is 4. The van der Waals surface area contributed by atoms with E-state index in [1.165, 1.54) is 0 Å². The summed E-state index contributed by atoms with van der Waals surface area (Å²) in [5.74, 6) is 0.567. The molecule has 0 unspecified atom stereocenters. The molecule has 0 aliphatic heterocycles. The molecule has 0 atom stereocenters. The molecule has 0 amide bonds. The highest BCUT2D eigenvalue weighted by atomic mass is 35.5. The number of nitrogens with zero attached hydrogens (tertiary/aromatic N) is 3. The van der Waals surface area contributed by atoms with Crippen LogP contribution in [-0.2, 0) is 16.6 Å². The van der Waals surface area contributed by atoms with E-state index in [0.29, 0.717) is 28.7 Å². The maximum Gasteiger partial charge on any atom is 0.259 e. The third-order valence-corrected chi connectivity index (χ3v) is 6.18. The van der Waals surface area contributed by atoms with Gasteiger partial charge in [0, 0.05) is 35.1 Å². The molecule has 2 heterocycles. The molecule has 0 fully saturated rings. The van der Waals surface area contributed by atoms with E-state index in [0.717, 1.165) is 42.3 Å².